The Hall–Kier alpha value is -5.48. The minimum absolute atomic E-state index is 0.00646. The van der Waals surface area contributed by atoms with Gasteiger partial charge in [0.1, 0.15) is 73.3 Å². The van der Waals surface area contributed by atoms with Crippen LogP contribution in [-0.2, 0) is 11.2 Å². The molecule has 5 aromatic rings. The molecule has 6 heterocycles. The predicted molar refractivity (Wildman–Crippen MR) is 238 cm³/mol. The highest BCUT2D eigenvalue weighted by Gasteiger charge is 2.49. The molecule has 0 atom stereocenters. The van der Waals surface area contributed by atoms with Crippen molar-refractivity contribution >= 4 is 57.5 Å². The van der Waals surface area contributed by atoms with Crippen LogP contribution in [-0.4, -0.2) is 23.2 Å². The number of benzene rings is 1. The summed E-state index contributed by atoms with van der Waals surface area (Å²) >= 11 is 6.15. The van der Waals surface area contributed by atoms with Crippen LogP contribution >= 0.6 is 45.3 Å². The van der Waals surface area contributed by atoms with E-state index in [1.807, 2.05) is 24.3 Å². The average Bonchev–Trinajstić information content (AvgIpc) is 4.08. The van der Waals surface area contributed by atoms with E-state index in [1.54, 1.807) is 34.8 Å². The highest BCUT2D eigenvalue weighted by molar-refractivity contribution is 7.25. The van der Waals surface area contributed by atoms with Gasteiger partial charge in [-0.1, -0.05) is 26.7 Å². The number of rotatable bonds is 10. The Morgan fingerprint density at radius 1 is 0.683 bits per heavy atom. The van der Waals surface area contributed by atoms with Crippen LogP contribution in [0.3, 0.4) is 0 Å². The van der Waals surface area contributed by atoms with Gasteiger partial charge in [-0.15, -0.1) is 45.3 Å². The summed E-state index contributed by atoms with van der Waals surface area (Å²) in [5.41, 5.74) is 3.63. The van der Waals surface area contributed by atoms with Crippen LogP contribution in [0.25, 0.3) is 62.5 Å². The number of allylic oxidation sites excluding steroid dienone is 1. The Balaban J connectivity index is 1.21. The van der Waals surface area contributed by atoms with Crippen molar-refractivity contribution in [2.45, 2.75) is 102 Å². The molecule has 4 aromatic heterocycles. The number of thiophene rings is 2. The van der Waals surface area contributed by atoms with Crippen molar-refractivity contribution in [2.75, 3.05) is 13.2 Å². The van der Waals surface area contributed by atoms with Gasteiger partial charge in [0.15, 0.2) is 0 Å². The number of fused-ring (bicyclic) bond motifs is 8. The Bertz CT molecular complexity index is 2510. The molecular weight excluding hydrogens is 829 g/mol. The molecule has 2 spiro atoms. The molecule has 14 heteroatoms. The fourth-order valence-electron chi connectivity index (χ4n) is 8.80. The summed E-state index contributed by atoms with van der Waals surface area (Å²) in [5, 5.41) is 20.5. The third-order valence-corrected chi connectivity index (χ3v) is 16.1. The highest BCUT2D eigenvalue weighted by Crippen LogP contribution is 2.61. The Morgan fingerprint density at radius 2 is 1.13 bits per heavy atom. The van der Waals surface area contributed by atoms with Gasteiger partial charge in [-0.05, 0) is 94.5 Å². The first-order valence-electron chi connectivity index (χ1n) is 20.5. The maximum absolute atomic E-state index is 9.48. The lowest BCUT2D eigenvalue weighted by atomic mass is 9.71. The third-order valence-electron chi connectivity index (χ3n) is 11.5. The quantitative estimate of drug-likeness (QED) is 0.101. The van der Waals surface area contributed by atoms with E-state index >= 15 is 0 Å². The first-order valence-corrected chi connectivity index (χ1v) is 23.7. The summed E-state index contributed by atoms with van der Waals surface area (Å²) in [4.78, 5) is 22.4. The normalized spacial score (nSPS) is 16.2. The lowest BCUT2D eigenvalue weighted by molar-refractivity contribution is 0.0163. The van der Waals surface area contributed by atoms with E-state index in [4.69, 9.17) is 42.1 Å². The molecule has 60 heavy (non-hydrogen) atoms. The van der Waals surface area contributed by atoms with E-state index in [2.05, 4.69) is 35.7 Å². The van der Waals surface area contributed by atoms with Crippen molar-refractivity contribution in [3.05, 3.63) is 79.4 Å². The summed E-state index contributed by atoms with van der Waals surface area (Å²) in [7, 11) is 0. The molecule has 4 aliphatic rings. The first kappa shape index (κ1) is 40.0. The molecule has 0 N–H and O–H groups in total. The molecule has 2 aliphatic carbocycles. The molecule has 2 aliphatic heterocycles. The monoisotopic (exact) mass is 868 g/mol. The van der Waals surface area contributed by atoms with Gasteiger partial charge in [0.2, 0.25) is 11.8 Å². The lowest BCUT2D eigenvalue weighted by Crippen LogP contribution is -2.40. The second-order valence-corrected chi connectivity index (χ2v) is 19.6. The maximum atomic E-state index is 9.48. The second kappa shape index (κ2) is 16.5. The number of nitrogens with zero attached hydrogens (tertiary/aromatic N) is 6. The number of aromatic nitrogens is 2. The maximum Gasteiger partial charge on any atom is 0.520 e. The molecule has 1 aromatic carbocycles. The van der Waals surface area contributed by atoms with Gasteiger partial charge in [-0.25, -0.2) is 9.97 Å². The van der Waals surface area contributed by atoms with E-state index in [0.29, 0.717) is 36.5 Å². The van der Waals surface area contributed by atoms with Gasteiger partial charge in [-0.3, -0.25) is 0 Å². The topological polar surface area (TPSA) is 119 Å². The average molecular weight is 869 g/mol. The van der Waals surface area contributed by atoms with Crippen LogP contribution < -0.4 is 18.9 Å². The molecule has 0 amide bonds. The van der Waals surface area contributed by atoms with E-state index in [0.717, 1.165) is 127 Å². The summed E-state index contributed by atoms with van der Waals surface area (Å²) in [5.74, 6) is 2.68. The zero-order valence-electron chi connectivity index (χ0n) is 33.3. The lowest BCUT2D eigenvalue weighted by Gasteiger charge is -2.45. The molecule has 2 saturated carbocycles. The van der Waals surface area contributed by atoms with E-state index in [-0.39, 0.29) is 11.4 Å². The molecule has 0 bridgehead atoms. The van der Waals surface area contributed by atoms with Gasteiger partial charge in [0.05, 0.1) is 23.0 Å². The number of hydrogen-bond donors (Lipinski definition) is 0. The van der Waals surface area contributed by atoms with Crippen LogP contribution in [0.2, 0.25) is 0 Å². The Kier molecular flexibility index (Phi) is 11.0. The highest BCUT2D eigenvalue weighted by atomic mass is 32.1. The molecule has 10 nitrogen and oxygen atoms in total. The van der Waals surface area contributed by atoms with Crippen LogP contribution in [0.1, 0.15) is 112 Å². The SMILES string of the molecule is [C-]#[N+]C(=Cc1cc(OCCC)c(-c2nc3c(s2)-c2cc4c(cc2C2(CCCCC2)O3)-c2sc(-c3sc(C=C(C#N)C#N)cc3OCCC)nc2OC42CCCCC2)s1)[N+]#[C-]. The van der Waals surface area contributed by atoms with Gasteiger partial charge in [0.25, 0.3) is 0 Å². The smallest absolute Gasteiger partial charge is 0.492 e. The molecule has 0 saturated heterocycles. The summed E-state index contributed by atoms with van der Waals surface area (Å²) in [6.45, 7) is 20.1. The first-order chi connectivity index (χ1) is 29.3. The van der Waals surface area contributed by atoms with E-state index < -0.39 is 11.2 Å². The number of ether oxygens (including phenoxy) is 4. The van der Waals surface area contributed by atoms with Crippen LogP contribution in [0.15, 0.2) is 35.7 Å². The van der Waals surface area contributed by atoms with Gasteiger partial charge in [0, 0.05) is 38.1 Å². The second-order valence-electron chi connectivity index (χ2n) is 15.5. The minimum Gasteiger partial charge on any atom is -0.492 e. The largest absolute Gasteiger partial charge is 0.520 e. The van der Waals surface area contributed by atoms with Crippen molar-refractivity contribution < 1.29 is 18.9 Å². The number of thiazole rings is 2. The molecule has 302 valence electrons. The predicted octanol–water partition coefficient (Wildman–Crippen LogP) is 13.6. The fraction of sp³-hybridized carbons (Fsp3) is 0.391. The zero-order chi connectivity index (χ0) is 41.4. The van der Waals surface area contributed by atoms with Crippen LogP contribution in [0.4, 0.5) is 0 Å². The van der Waals surface area contributed by atoms with Crippen molar-refractivity contribution in [3.8, 4) is 76.0 Å². The Labute approximate surface area is 365 Å². The van der Waals surface area contributed by atoms with Gasteiger partial charge >= 0.3 is 5.82 Å². The minimum atomic E-state index is -0.536. The van der Waals surface area contributed by atoms with Crippen molar-refractivity contribution in [3.63, 3.8) is 0 Å². The molecular formula is C46H40N6O4S4. The summed E-state index contributed by atoms with van der Waals surface area (Å²) in [6.07, 6.45) is 15.0. The third kappa shape index (κ3) is 7.06. The van der Waals surface area contributed by atoms with Gasteiger partial charge < -0.3 is 18.9 Å². The number of hydrogen-bond acceptors (Lipinski definition) is 12. The number of nitriles is 2. The van der Waals surface area contributed by atoms with Crippen LogP contribution in [0.5, 0.6) is 23.3 Å². The molecule has 2 fully saturated rings. The van der Waals surface area contributed by atoms with E-state index in [1.165, 1.54) is 33.8 Å². The molecule has 0 unspecified atom stereocenters. The Morgan fingerprint density at radius 3 is 1.55 bits per heavy atom. The molecule has 9 rings (SSSR count). The van der Waals surface area contributed by atoms with E-state index in [9.17, 15) is 10.5 Å². The fourth-order valence-corrected chi connectivity index (χ4v) is 13.1. The molecule has 0 radical (unpaired) electrons. The van der Waals surface area contributed by atoms with Crippen molar-refractivity contribution in [1.29, 1.82) is 10.5 Å². The van der Waals surface area contributed by atoms with Crippen LogP contribution in [0, 0.1) is 35.8 Å². The van der Waals surface area contributed by atoms with Gasteiger partial charge in [-0.2, -0.15) is 20.2 Å². The van der Waals surface area contributed by atoms with Crippen molar-refractivity contribution in [2.24, 2.45) is 0 Å². The van der Waals surface area contributed by atoms with Crippen molar-refractivity contribution in [1.82, 2.24) is 9.97 Å². The summed E-state index contributed by atoms with van der Waals surface area (Å²) < 4.78 is 26.8. The summed E-state index contributed by atoms with van der Waals surface area (Å²) in [6, 6.07) is 12.5. The zero-order valence-corrected chi connectivity index (χ0v) is 36.6. The standard InChI is InChI=1S/C46H40N6O4S4/c1-5-17-53-34-20-28(19-27(25-47)26-48)57-39(34)43-51-41-37(59-43)30-23-33-31(24-32(30)45(55-41)13-9-7-10-14-45)38-42(56-46(33)15-11-8-12-16-46)52-44(60-38)40-35(54-18-6-2)21-29(58-40)22-36(49-3)50-4/h19-24H,5-18H2,1-2H3.